The number of aliphatic carboxylic acids is 1. The summed E-state index contributed by atoms with van der Waals surface area (Å²) in [4.78, 5) is 10.8. The van der Waals surface area contributed by atoms with Gasteiger partial charge in [0.15, 0.2) is 0 Å². The smallest absolute Gasteiger partial charge is 0.307 e. The summed E-state index contributed by atoms with van der Waals surface area (Å²) in [6.07, 6.45) is 0.396. The fourth-order valence-corrected chi connectivity index (χ4v) is 3.80. The van der Waals surface area contributed by atoms with Crippen LogP contribution in [0.5, 0.6) is 0 Å². The number of hydrogen-bond acceptors (Lipinski definition) is 4. The number of hydrogen-bond donors (Lipinski definition) is 1. The molecular formula is C10H19NO5S. The molecule has 0 aromatic rings. The quantitative estimate of drug-likeness (QED) is 0.731. The van der Waals surface area contributed by atoms with Gasteiger partial charge in [-0.25, -0.2) is 12.7 Å². The molecule has 17 heavy (non-hydrogen) atoms. The van der Waals surface area contributed by atoms with Crippen LogP contribution in [0.1, 0.15) is 13.3 Å². The van der Waals surface area contributed by atoms with Gasteiger partial charge in [-0.1, -0.05) is 6.92 Å². The molecule has 1 fully saturated rings. The SMILES string of the molecule is COCC(C)CS(=O)(=O)N1CCC(C(=O)O)C1. The second-order valence-electron chi connectivity index (χ2n) is 4.52. The third kappa shape index (κ3) is 3.93. The summed E-state index contributed by atoms with van der Waals surface area (Å²) >= 11 is 0. The molecule has 2 unspecified atom stereocenters. The predicted octanol–water partition coefficient (Wildman–Crippen LogP) is 0.00520. The van der Waals surface area contributed by atoms with Crippen molar-refractivity contribution in [3.05, 3.63) is 0 Å². The number of carboxylic acids is 1. The molecular weight excluding hydrogens is 246 g/mol. The lowest BCUT2D eigenvalue weighted by Crippen LogP contribution is -2.34. The van der Waals surface area contributed by atoms with Crippen LogP contribution in [0.2, 0.25) is 0 Å². The molecule has 1 aliphatic rings. The van der Waals surface area contributed by atoms with Crippen LogP contribution >= 0.6 is 0 Å². The van der Waals surface area contributed by atoms with E-state index in [4.69, 9.17) is 9.84 Å². The maximum atomic E-state index is 12.0. The van der Waals surface area contributed by atoms with Crippen LogP contribution in [0.4, 0.5) is 0 Å². The minimum Gasteiger partial charge on any atom is -0.481 e. The van der Waals surface area contributed by atoms with Crippen molar-refractivity contribution in [2.75, 3.05) is 32.6 Å². The Labute approximate surface area is 102 Å². The number of ether oxygens (including phenoxy) is 1. The van der Waals surface area contributed by atoms with E-state index in [-0.39, 0.29) is 18.2 Å². The van der Waals surface area contributed by atoms with Gasteiger partial charge in [-0.05, 0) is 12.3 Å². The van der Waals surface area contributed by atoms with E-state index < -0.39 is 21.9 Å². The van der Waals surface area contributed by atoms with E-state index in [9.17, 15) is 13.2 Å². The maximum absolute atomic E-state index is 12.0. The van der Waals surface area contributed by atoms with Crippen LogP contribution in [-0.4, -0.2) is 56.4 Å². The average molecular weight is 265 g/mol. The second kappa shape index (κ2) is 5.79. The number of carbonyl (C=O) groups is 1. The van der Waals surface area contributed by atoms with Crippen LogP contribution in [0.3, 0.4) is 0 Å². The summed E-state index contributed by atoms with van der Waals surface area (Å²) in [6.45, 7) is 2.58. The largest absolute Gasteiger partial charge is 0.481 e. The lowest BCUT2D eigenvalue weighted by molar-refractivity contribution is -0.141. The fourth-order valence-electron chi connectivity index (χ4n) is 1.98. The Balaban J connectivity index is 2.57. The number of rotatable bonds is 6. The Morgan fingerprint density at radius 2 is 2.24 bits per heavy atom. The highest BCUT2D eigenvalue weighted by Crippen LogP contribution is 2.21. The molecule has 6 nitrogen and oxygen atoms in total. The Morgan fingerprint density at radius 3 is 2.71 bits per heavy atom. The third-order valence-electron chi connectivity index (χ3n) is 2.84. The monoisotopic (exact) mass is 265 g/mol. The molecule has 0 saturated carbocycles. The molecule has 1 saturated heterocycles. The van der Waals surface area contributed by atoms with Gasteiger partial charge in [-0.2, -0.15) is 0 Å². The van der Waals surface area contributed by atoms with Crippen LogP contribution in [-0.2, 0) is 19.6 Å². The molecule has 0 amide bonds. The van der Waals surface area contributed by atoms with Crippen LogP contribution in [0.25, 0.3) is 0 Å². The zero-order valence-corrected chi connectivity index (χ0v) is 10.9. The summed E-state index contributed by atoms with van der Waals surface area (Å²) in [6, 6.07) is 0. The predicted molar refractivity (Wildman–Crippen MR) is 62.1 cm³/mol. The van der Waals surface area contributed by atoms with Crippen molar-refractivity contribution in [3.8, 4) is 0 Å². The van der Waals surface area contributed by atoms with E-state index in [1.807, 2.05) is 0 Å². The minimum absolute atomic E-state index is 0.00712. The highest BCUT2D eigenvalue weighted by atomic mass is 32.2. The zero-order valence-electron chi connectivity index (χ0n) is 10.1. The van der Waals surface area contributed by atoms with Crippen molar-refractivity contribution >= 4 is 16.0 Å². The summed E-state index contributed by atoms with van der Waals surface area (Å²) in [5.74, 6) is -1.57. The summed E-state index contributed by atoms with van der Waals surface area (Å²) in [7, 11) is -1.83. The molecule has 0 aromatic heterocycles. The molecule has 0 radical (unpaired) electrons. The van der Waals surface area contributed by atoms with Gasteiger partial charge < -0.3 is 9.84 Å². The molecule has 100 valence electrons. The van der Waals surface area contributed by atoms with Gasteiger partial charge in [0.25, 0.3) is 0 Å². The summed E-state index contributed by atoms with van der Waals surface area (Å²) < 4.78 is 30.1. The minimum atomic E-state index is -3.36. The van der Waals surface area contributed by atoms with E-state index >= 15 is 0 Å². The highest BCUT2D eigenvalue weighted by Gasteiger charge is 2.35. The van der Waals surface area contributed by atoms with E-state index in [0.29, 0.717) is 19.6 Å². The highest BCUT2D eigenvalue weighted by molar-refractivity contribution is 7.89. The van der Waals surface area contributed by atoms with E-state index in [1.54, 1.807) is 6.92 Å². The normalized spacial score (nSPS) is 23.8. The average Bonchev–Trinajstić information content (AvgIpc) is 2.65. The van der Waals surface area contributed by atoms with Gasteiger partial charge in [0.1, 0.15) is 0 Å². The topological polar surface area (TPSA) is 83.9 Å². The van der Waals surface area contributed by atoms with E-state index in [2.05, 4.69) is 0 Å². The lowest BCUT2D eigenvalue weighted by atomic mass is 10.1. The Hall–Kier alpha value is -0.660. The van der Waals surface area contributed by atoms with Gasteiger partial charge in [-0.3, -0.25) is 4.79 Å². The van der Waals surface area contributed by atoms with Gasteiger partial charge in [0, 0.05) is 26.8 Å². The first kappa shape index (κ1) is 14.4. The zero-order chi connectivity index (χ0) is 13.1. The van der Waals surface area contributed by atoms with E-state index in [1.165, 1.54) is 11.4 Å². The number of nitrogens with zero attached hydrogens (tertiary/aromatic N) is 1. The maximum Gasteiger partial charge on any atom is 0.307 e. The molecule has 0 aromatic carbocycles. The molecule has 0 aliphatic carbocycles. The number of carboxylic acid groups (broad SMARTS) is 1. The first-order valence-corrected chi connectivity index (χ1v) is 7.17. The molecule has 0 spiro atoms. The van der Waals surface area contributed by atoms with Gasteiger partial charge in [0.05, 0.1) is 11.7 Å². The van der Waals surface area contributed by atoms with Gasteiger partial charge in [-0.15, -0.1) is 0 Å². The van der Waals surface area contributed by atoms with E-state index in [0.717, 1.165) is 0 Å². The second-order valence-corrected chi connectivity index (χ2v) is 6.53. The number of methoxy groups -OCH3 is 1. The molecule has 2 atom stereocenters. The first-order chi connectivity index (χ1) is 7.86. The van der Waals surface area contributed by atoms with Crippen molar-refractivity contribution in [1.29, 1.82) is 0 Å². The van der Waals surface area contributed by atoms with Crippen molar-refractivity contribution in [1.82, 2.24) is 4.31 Å². The molecule has 0 bridgehead atoms. The Morgan fingerprint density at radius 1 is 1.59 bits per heavy atom. The standard InChI is InChI=1S/C10H19NO5S/c1-8(6-16-2)7-17(14,15)11-4-3-9(5-11)10(12)13/h8-9H,3-7H2,1-2H3,(H,12,13). The summed E-state index contributed by atoms with van der Waals surface area (Å²) in [5.41, 5.74) is 0. The van der Waals surface area contributed by atoms with Crippen LogP contribution < -0.4 is 0 Å². The lowest BCUT2D eigenvalue weighted by Gasteiger charge is -2.18. The van der Waals surface area contributed by atoms with Gasteiger partial charge >= 0.3 is 5.97 Å². The first-order valence-electron chi connectivity index (χ1n) is 5.56. The number of sulfonamides is 1. The Bertz CT molecular complexity index is 367. The van der Waals surface area contributed by atoms with Crippen molar-refractivity contribution in [2.24, 2.45) is 11.8 Å². The summed E-state index contributed by atoms with van der Waals surface area (Å²) in [5, 5.41) is 8.82. The molecule has 7 heteroatoms. The fraction of sp³-hybridized carbons (Fsp3) is 0.900. The molecule has 1 N–H and O–H groups in total. The third-order valence-corrected chi connectivity index (χ3v) is 4.95. The van der Waals surface area contributed by atoms with Crippen molar-refractivity contribution < 1.29 is 23.1 Å². The molecule has 1 aliphatic heterocycles. The van der Waals surface area contributed by atoms with Crippen LogP contribution in [0.15, 0.2) is 0 Å². The van der Waals surface area contributed by atoms with Gasteiger partial charge in [0.2, 0.25) is 10.0 Å². The van der Waals surface area contributed by atoms with Crippen LogP contribution in [0, 0.1) is 11.8 Å². The molecule has 1 heterocycles. The van der Waals surface area contributed by atoms with Crippen molar-refractivity contribution in [3.63, 3.8) is 0 Å². The Kier molecular flexibility index (Phi) is 4.91. The molecule has 1 rings (SSSR count). The van der Waals surface area contributed by atoms with Crippen molar-refractivity contribution in [2.45, 2.75) is 13.3 Å².